The first-order valence-electron chi connectivity index (χ1n) is 6.93. The Hall–Kier alpha value is -1.71. The second-order valence-corrected chi connectivity index (χ2v) is 5.16. The van der Waals surface area contributed by atoms with Crippen molar-refractivity contribution >= 4 is 6.03 Å². The molecule has 1 saturated heterocycles. The average molecular weight is 262 g/mol. The van der Waals surface area contributed by atoms with Gasteiger partial charge in [0.05, 0.1) is 6.10 Å². The number of nitrogens with one attached hydrogen (secondary N) is 1. The van der Waals surface area contributed by atoms with Crippen LogP contribution in [-0.2, 0) is 6.54 Å². The van der Waals surface area contributed by atoms with Crippen LogP contribution in [0.5, 0.6) is 5.75 Å². The molecule has 1 aliphatic heterocycles. The number of likely N-dealkylation sites (tertiary alicyclic amines) is 1. The van der Waals surface area contributed by atoms with Crippen LogP contribution >= 0.6 is 0 Å². The highest BCUT2D eigenvalue weighted by Gasteiger charge is 2.16. The molecule has 0 aliphatic carbocycles. The van der Waals surface area contributed by atoms with Crippen LogP contribution in [0.1, 0.15) is 32.3 Å². The maximum atomic E-state index is 11.8. The molecule has 0 spiro atoms. The summed E-state index contributed by atoms with van der Waals surface area (Å²) < 4.78 is 5.58. The van der Waals surface area contributed by atoms with Gasteiger partial charge in [0, 0.05) is 19.6 Å². The first kappa shape index (κ1) is 13.7. The highest BCUT2D eigenvalue weighted by molar-refractivity contribution is 5.74. The van der Waals surface area contributed by atoms with Crippen molar-refractivity contribution < 1.29 is 9.53 Å². The molecule has 1 fully saturated rings. The monoisotopic (exact) mass is 262 g/mol. The number of ether oxygens (including phenoxy) is 1. The highest BCUT2D eigenvalue weighted by Crippen LogP contribution is 2.14. The maximum Gasteiger partial charge on any atom is 0.317 e. The van der Waals surface area contributed by atoms with Crippen LogP contribution in [0.3, 0.4) is 0 Å². The third-order valence-electron chi connectivity index (χ3n) is 3.13. The van der Waals surface area contributed by atoms with E-state index in [0.717, 1.165) is 37.2 Å². The zero-order valence-electron chi connectivity index (χ0n) is 11.7. The molecule has 2 amide bonds. The zero-order valence-corrected chi connectivity index (χ0v) is 11.7. The van der Waals surface area contributed by atoms with E-state index >= 15 is 0 Å². The van der Waals surface area contributed by atoms with E-state index in [9.17, 15) is 4.79 Å². The predicted molar refractivity (Wildman–Crippen MR) is 75.2 cm³/mol. The zero-order chi connectivity index (χ0) is 13.7. The van der Waals surface area contributed by atoms with Crippen molar-refractivity contribution in [3.63, 3.8) is 0 Å². The summed E-state index contributed by atoms with van der Waals surface area (Å²) in [7, 11) is 0. The van der Waals surface area contributed by atoms with Gasteiger partial charge in [-0.3, -0.25) is 0 Å². The Morgan fingerprint density at radius 3 is 2.47 bits per heavy atom. The molecule has 0 aromatic heterocycles. The van der Waals surface area contributed by atoms with Crippen LogP contribution in [0, 0.1) is 0 Å². The summed E-state index contributed by atoms with van der Waals surface area (Å²) in [4.78, 5) is 13.7. The third-order valence-corrected chi connectivity index (χ3v) is 3.13. The summed E-state index contributed by atoms with van der Waals surface area (Å²) in [6.45, 7) is 6.34. The molecule has 0 bridgehead atoms. The molecule has 1 heterocycles. The van der Waals surface area contributed by atoms with Gasteiger partial charge in [-0.1, -0.05) is 12.1 Å². The van der Waals surface area contributed by atoms with Crippen molar-refractivity contribution in [1.82, 2.24) is 10.2 Å². The minimum Gasteiger partial charge on any atom is -0.491 e. The van der Waals surface area contributed by atoms with Crippen molar-refractivity contribution in [2.24, 2.45) is 0 Å². The number of hydrogen-bond acceptors (Lipinski definition) is 2. The van der Waals surface area contributed by atoms with E-state index in [1.165, 1.54) is 0 Å². The van der Waals surface area contributed by atoms with Gasteiger partial charge in [-0.25, -0.2) is 4.79 Å². The lowest BCUT2D eigenvalue weighted by molar-refractivity contribution is 0.208. The molecule has 1 N–H and O–H groups in total. The van der Waals surface area contributed by atoms with Gasteiger partial charge in [0.25, 0.3) is 0 Å². The Kier molecular flexibility index (Phi) is 4.66. The van der Waals surface area contributed by atoms with E-state index in [1.54, 1.807) is 0 Å². The summed E-state index contributed by atoms with van der Waals surface area (Å²) in [6, 6.07) is 7.90. The van der Waals surface area contributed by atoms with Gasteiger partial charge in [-0.05, 0) is 44.4 Å². The summed E-state index contributed by atoms with van der Waals surface area (Å²) >= 11 is 0. The van der Waals surface area contributed by atoms with Crippen LogP contribution in [0.2, 0.25) is 0 Å². The van der Waals surface area contributed by atoms with Gasteiger partial charge in [-0.2, -0.15) is 0 Å². The van der Waals surface area contributed by atoms with Crippen LogP contribution in [0.15, 0.2) is 24.3 Å². The van der Waals surface area contributed by atoms with Gasteiger partial charge in [0.2, 0.25) is 0 Å². The molecule has 104 valence electrons. The van der Waals surface area contributed by atoms with Crippen LogP contribution in [0.4, 0.5) is 4.79 Å². The molecule has 1 aromatic rings. The lowest BCUT2D eigenvalue weighted by Gasteiger charge is -2.16. The second kappa shape index (κ2) is 6.45. The summed E-state index contributed by atoms with van der Waals surface area (Å²) in [5.41, 5.74) is 1.09. The fourth-order valence-electron chi connectivity index (χ4n) is 2.17. The first-order chi connectivity index (χ1) is 9.15. The Balaban J connectivity index is 1.80. The number of carbonyl (C=O) groups is 1. The molecule has 1 aromatic carbocycles. The van der Waals surface area contributed by atoms with Gasteiger partial charge in [-0.15, -0.1) is 0 Å². The molecule has 19 heavy (non-hydrogen) atoms. The van der Waals surface area contributed by atoms with E-state index in [-0.39, 0.29) is 12.1 Å². The number of urea groups is 1. The van der Waals surface area contributed by atoms with Crippen LogP contribution < -0.4 is 10.1 Å². The van der Waals surface area contributed by atoms with E-state index < -0.39 is 0 Å². The van der Waals surface area contributed by atoms with Crippen LogP contribution in [-0.4, -0.2) is 30.1 Å². The lowest BCUT2D eigenvalue weighted by Crippen LogP contribution is -2.37. The summed E-state index contributed by atoms with van der Waals surface area (Å²) in [5, 5.41) is 2.95. The number of benzene rings is 1. The van der Waals surface area contributed by atoms with E-state index in [0.29, 0.717) is 6.54 Å². The number of hydrogen-bond donors (Lipinski definition) is 1. The molecule has 1 aliphatic rings. The minimum absolute atomic E-state index is 0.0417. The standard InChI is InChI=1S/C15H22N2O2/c1-12(2)19-14-7-5-13(6-8-14)11-16-15(18)17-9-3-4-10-17/h5-8,12H,3-4,9-11H2,1-2H3,(H,16,18). The van der Waals surface area contributed by atoms with Crippen molar-refractivity contribution in [2.45, 2.75) is 39.3 Å². The van der Waals surface area contributed by atoms with Gasteiger partial charge in [0.15, 0.2) is 0 Å². The molecule has 4 heteroatoms. The molecule has 0 unspecified atom stereocenters. The smallest absolute Gasteiger partial charge is 0.317 e. The van der Waals surface area contributed by atoms with Gasteiger partial charge >= 0.3 is 6.03 Å². The fraction of sp³-hybridized carbons (Fsp3) is 0.533. The van der Waals surface area contributed by atoms with Crippen molar-refractivity contribution in [1.29, 1.82) is 0 Å². The molecule has 0 atom stereocenters. The van der Waals surface area contributed by atoms with Crippen molar-refractivity contribution in [2.75, 3.05) is 13.1 Å². The van der Waals surface area contributed by atoms with Gasteiger partial charge < -0.3 is 15.0 Å². The summed E-state index contributed by atoms with van der Waals surface area (Å²) in [6.07, 6.45) is 2.42. The Labute approximate surface area is 114 Å². The van der Waals surface area contributed by atoms with Crippen LogP contribution in [0.25, 0.3) is 0 Å². The fourth-order valence-corrected chi connectivity index (χ4v) is 2.17. The topological polar surface area (TPSA) is 41.6 Å². The van der Waals surface area contributed by atoms with Crippen molar-refractivity contribution in [3.05, 3.63) is 29.8 Å². The Morgan fingerprint density at radius 1 is 1.26 bits per heavy atom. The van der Waals surface area contributed by atoms with Gasteiger partial charge in [0.1, 0.15) is 5.75 Å². The molecular formula is C15H22N2O2. The molecule has 0 radical (unpaired) electrons. The average Bonchev–Trinajstić information content (AvgIpc) is 2.91. The van der Waals surface area contributed by atoms with E-state index in [4.69, 9.17) is 4.74 Å². The first-order valence-corrected chi connectivity index (χ1v) is 6.93. The SMILES string of the molecule is CC(C)Oc1ccc(CNC(=O)N2CCCC2)cc1. The quantitative estimate of drug-likeness (QED) is 0.906. The number of rotatable bonds is 4. The number of amides is 2. The molecule has 4 nitrogen and oxygen atoms in total. The number of carbonyl (C=O) groups excluding carboxylic acids is 1. The van der Waals surface area contributed by atoms with E-state index in [2.05, 4.69) is 5.32 Å². The maximum absolute atomic E-state index is 11.8. The lowest BCUT2D eigenvalue weighted by atomic mass is 10.2. The normalized spacial score (nSPS) is 14.8. The minimum atomic E-state index is 0.0417. The molecular weight excluding hydrogens is 240 g/mol. The molecule has 0 saturated carbocycles. The highest BCUT2D eigenvalue weighted by atomic mass is 16.5. The largest absolute Gasteiger partial charge is 0.491 e. The second-order valence-electron chi connectivity index (χ2n) is 5.16. The van der Waals surface area contributed by atoms with E-state index in [1.807, 2.05) is 43.0 Å². The number of nitrogens with zero attached hydrogens (tertiary/aromatic N) is 1. The Bertz CT molecular complexity index is 409. The third kappa shape index (κ3) is 4.16. The Morgan fingerprint density at radius 2 is 1.89 bits per heavy atom. The predicted octanol–water partition coefficient (Wildman–Crippen LogP) is 2.78. The molecule has 2 rings (SSSR count). The van der Waals surface area contributed by atoms with Crippen molar-refractivity contribution in [3.8, 4) is 5.75 Å². The summed E-state index contributed by atoms with van der Waals surface area (Å²) in [5.74, 6) is 0.865.